The summed E-state index contributed by atoms with van der Waals surface area (Å²) in [5.74, 6) is -0.633. The molecular weight excluding hydrogens is 344 g/mol. The normalized spacial score (nSPS) is 34.5. The fraction of sp³-hybridized carbons (Fsp3) is 0.636. The Morgan fingerprint density at radius 2 is 1.93 bits per heavy atom. The summed E-state index contributed by atoms with van der Waals surface area (Å²) in [7, 11) is 0. The van der Waals surface area contributed by atoms with Crippen LogP contribution in [-0.2, 0) is 19.1 Å². The molecule has 0 saturated carbocycles. The topological polar surface area (TPSA) is 72.8 Å². The Labute approximate surface area is 162 Å². The number of hydrogen-bond donors (Lipinski definition) is 1. The van der Waals surface area contributed by atoms with Gasteiger partial charge in [0.05, 0.1) is 5.60 Å². The van der Waals surface area contributed by atoms with E-state index >= 15 is 0 Å². The molecule has 5 heteroatoms. The molecule has 0 radical (unpaired) electrons. The minimum atomic E-state index is -1.09. The van der Waals surface area contributed by atoms with Crippen LogP contribution in [-0.4, -0.2) is 34.9 Å². The van der Waals surface area contributed by atoms with E-state index in [1.165, 1.54) is 12.5 Å². The second-order valence-corrected chi connectivity index (χ2v) is 8.07. The molecule has 150 valence electrons. The first-order valence-electron chi connectivity index (χ1n) is 9.73. The van der Waals surface area contributed by atoms with Crippen LogP contribution >= 0.6 is 0 Å². The molecule has 2 aliphatic rings. The zero-order valence-electron chi connectivity index (χ0n) is 17.1. The van der Waals surface area contributed by atoms with Crippen molar-refractivity contribution in [3.8, 4) is 0 Å². The number of allylic oxidation sites excluding steroid dienone is 3. The van der Waals surface area contributed by atoms with Crippen molar-refractivity contribution in [3.05, 3.63) is 34.4 Å². The highest BCUT2D eigenvalue weighted by molar-refractivity contribution is 5.92. The van der Waals surface area contributed by atoms with E-state index in [9.17, 15) is 14.7 Å². The van der Waals surface area contributed by atoms with E-state index in [0.717, 1.165) is 24.0 Å². The molecule has 0 bridgehead atoms. The van der Waals surface area contributed by atoms with Crippen molar-refractivity contribution in [2.75, 3.05) is 0 Å². The maximum absolute atomic E-state index is 12.0. The van der Waals surface area contributed by atoms with Gasteiger partial charge in [0.1, 0.15) is 12.2 Å². The van der Waals surface area contributed by atoms with Crippen LogP contribution in [0.3, 0.4) is 0 Å². The molecule has 0 aromatic heterocycles. The lowest BCUT2D eigenvalue weighted by atomic mass is 9.87. The van der Waals surface area contributed by atoms with Crippen LogP contribution in [0.1, 0.15) is 73.1 Å². The monoisotopic (exact) mass is 376 g/mol. The van der Waals surface area contributed by atoms with Gasteiger partial charge in [-0.1, -0.05) is 17.2 Å². The van der Waals surface area contributed by atoms with Crippen LogP contribution < -0.4 is 0 Å². The first kappa shape index (κ1) is 21.4. The van der Waals surface area contributed by atoms with E-state index in [1.54, 1.807) is 6.92 Å². The SMILES string of the molecule is CC(=O)O[C@H]1CC/C(C)=C/[C@@H]2OC(=O)C(C)=C2CC/C(C)=C/CC[C@@]1(C)O. The highest BCUT2D eigenvalue weighted by Crippen LogP contribution is 2.31. The fourth-order valence-electron chi connectivity index (χ4n) is 3.69. The number of hydrogen-bond acceptors (Lipinski definition) is 5. The highest BCUT2D eigenvalue weighted by atomic mass is 16.6. The van der Waals surface area contributed by atoms with Crippen molar-refractivity contribution < 1.29 is 24.2 Å². The van der Waals surface area contributed by atoms with Crippen molar-refractivity contribution in [3.63, 3.8) is 0 Å². The Morgan fingerprint density at radius 3 is 2.59 bits per heavy atom. The lowest BCUT2D eigenvalue weighted by Gasteiger charge is -2.32. The fourth-order valence-corrected chi connectivity index (χ4v) is 3.69. The molecule has 1 aliphatic carbocycles. The van der Waals surface area contributed by atoms with Gasteiger partial charge >= 0.3 is 11.9 Å². The quantitative estimate of drug-likeness (QED) is 0.549. The minimum Gasteiger partial charge on any atom is -0.459 e. The Kier molecular flexibility index (Phi) is 7.04. The van der Waals surface area contributed by atoms with Gasteiger partial charge in [0, 0.05) is 12.5 Å². The number of aliphatic hydroxyl groups is 1. The van der Waals surface area contributed by atoms with Gasteiger partial charge < -0.3 is 14.6 Å². The van der Waals surface area contributed by atoms with Crippen molar-refractivity contribution in [2.45, 2.75) is 91.0 Å². The van der Waals surface area contributed by atoms with Gasteiger partial charge in [-0.25, -0.2) is 4.79 Å². The summed E-state index contributed by atoms with van der Waals surface area (Å²) < 4.78 is 11.0. The van der Waals surface area contributed by atoms with Crippen molar-refractivity contribution in [2.24, 2.45) is 0 Å². The Bertz CT molecular complexity index is 681. The van der Waals surface area contributed by atoms with E-state index in [1.807, 2.05) is 19.9 Å². The van der Waals surface area contributed by atoms with Crippen LogP contribution in [0, 0.1) is 0 Å². The second kappa shape index (κ2) is 8.87. The molecular formula is C22H32O5. The lowest BCUT2D eigenvalue weighted by molar-refractivity contribution is -0.162. The predicted molar refractivity (Wildman–Crippen MR) is 104 cm³/mol. The van der Waals surface area contributed by atoms with Gasteiger partial charge in [-0.05, 0) is 77.9 Å². The molecule has 0 amide bonds. The highest BCUT2D eigenvalue weighted by Gasteiger charge is 2.34. The zero-order valence-corrected chi connectivity index (χ0v) is 17.1. The molecule has 3 atom stereocenters. The van der Waals surface area contributed by atoms with Crippen molar-refractivity contribution in [1.82, 2.24) is 0 Å². The molecule has 0 aromatic rings. The summed E-state index contributed by atoms with van der Waals surface area (Å²) in [6, 6.07) is 0. The zero-order chi connectivity index (χ0) is 20.2. The van der Waals surface area contributed by atoms with E-state index in [2.05, 4.69) is 13.0 Å². The summed E-state index contributed by atoms with van der Waals surface area (Å²) in [6.45, 7) is 8.98. The van der Waals surface area contributed by atoms with Crippen LogP contribution in [0.5, 0.6) is 0 Å². The van der Waals surface area contributed by atoms with E-state index < -0.39 is 11.7 Å². The molecule has 2 rings (SSSR count). The average Bonchev–Trinajstić information content (AvgIpc) is 2.82. The first-order chi connectivity index (χ1) is 12.6. The number of rotatable bonds is 1. The summed E-state index contributed by atoms with van der Waals surface area (Å²) in [6.07, 6.45) is 7.27. The molecule has 27 heavy (non-hydrogen) atoms. The van der Waals surface area contributed by atoms with Crippen LogP contribution in [0.25, 0.3) is 0 Å². The molecule has 0 spiro atoms. The second-order valence-electron chi connectivity index (χ2n) is 8.07. The molecule has 1 heterocycles. The summed E-state index contributed by atoms with van der Waals surface area (Å²) >= 11 is 0. The summed E-state index contributed by atoms with van der Waals surface area (Å²) in [5, 5.41) is 10.9. The Morgan fingerprint density at radius 1 is 1.22 bits per heavy atom. The molecule has 0 aromatic carbocycles. The smallest absolute Gasteiger partial charge is 0.334 e. The number of carbonyl (C=O) groups excluding carboxylic acids is 2. The maximum atomic E-state index is 12.0. The molecule has 0 fully saturated rings. The minimum absolute atomic E-state index is 0.245. The van der Waals surface area contributed by atoms with Crippen molar-refractivity contribution in [1.29, 1.82) is 0 Å². The van der Waals surface area contributed by atoms with Crippen LogP contribution in [0.15, 0.2) is 34.4 Å². The summed E-state index contributed by atoms with van der Waals surface area (Å²) in [4.78, 5) is 23.5. The van der Waals surface area contributed by atoms with Gasteiger partial charge in [0.15, 0.2) is 0 Å². The molecule has 0 unspecified atom stereocenters. The third-order valence-corrected chi connectivity index (χ3v) is 5.54. The number of carbonyl (C=O) groups is 2. The molecule has 5 nitrogen and oxygen atoms in total. The number of ether oxygens (including phenoxy) is 2. The predicted octanol–water partition coefficient (Wildman–Crippen LogP) is 4.16. The third kappa shape index (κ3) is 5.80. The molecule has 0 saturated heterocycles. The van der Waals surface area contributed by atoms with Gasteiger partial charge in [-0.15, -0.1) is 0 Å². The van der Waals surface area contributed by atoms with E-state index in [4.69, 9.17) is 9.47 Å². The lowest BCUT2D eigenvalue weighted by Crippen LogP contribution is -2.42. The van der Waals surface area contributed by atoms with Crippen molar-refractivity contribution >= 4 is 11.9 Å². The van der Waals surface area contributed by atoms with E-state index in [0.29, 0.717) is 31.3 Å². The average molecular weight is 376 g/mol. The van der Waals surface area contributed by atoms with Crippen LogP contribution in [0.4, 0.5) is 0 Å². The number of fused-ring (bicyclic) bond motifs is 1. The van der Waals surface area contributed by atoms with Gasteiger partial charge in [0.2, 0.25) is 0 Å². The first-order valence-corrected chi connectivity index (χ1v) is 9.73. The largest absolute Gasteiger partial charge is 0.459 e. The van der Waals surface area contributed by atoms with Crippen LogP contribution in [0.2, 0.25) is 0 Å². The standard InChI is InChI=1S/C22H32O5/c1-14-7-6-12-22(5,25)20(26-17(4)23)11-9-15(2)13-19-18(10-8-14)16(3)21(24)27-19/h7,13,19-20,25H,6,8-12H2,1-5H3/b14-7+,15-13+/t19-,20-,22+/m0/s1. The third-order valence-electron chi connectivity index (χ3n) is 5.54. The van der Waals surface area contributed by atoms with Gasteiger partial charge in [-0.3, -0.25) is 4.79 Å². The van der Waals surface area contributed by atoms with E-state index in [-0.39, 0.29) is 18.0 Å². The Balaban J connectivity index is 2.30. The summed E-state index contributed by atoms with van der Waals surface area (Å²) in [5.41, 5.74) is 2.94. The van der Waals surface area contributed by atoms with Gasteiger partial charge in [0.25, 0.3) is 0 Å². The maximum Gasteiger partial charge on any atom is 0.334 e. The molecule has 1 N–H and O–H groups in total. The Hall–Kier alpha value is -1.88. The number of esters is 2. The molecule has 1 aliphatic heterocycles. The van der Waals surface area contributed by atoms with Gasteiger partial charge in [-0.2, -0.15) is 0 Å².